The maximum absolute atomic E-state index is 11.4. The van der Waals surface area contributed by atoms with E-state index in [2.05, 4.69) is 25.9 Å². The Morgan fingerprint density at radius 2 is 2.43 bits per heavy atom. The van der Waals surface area contributed by atoms with Gasteiger partial charge in [0, 0.05) is 12.5 Å². The van der Waals surface area contributed by atoms with E-state index in [0.717, 1.165) is 24.5 Å². The van der Waals surface area contributed by atoms with E-state index in [0.29, 0.717) is 11.1 Å². The number of aromatic nitrogens is 2. The number of ether oxygens (including phenoxy) is 1. The Bertz CT molecular complexity index is 396. The zero-order chi connectivity index (χ0) is 10.1. The van der Waals surface area contributed by atoms with Crippen LogP contribution < -0.4 is 5.56 Å². The fraction of sp³-hybridized carbons (Fsp3) is 0.556. The lowest BCUT2D eigenvalue weighted by molar-refractivity contribution is 0.193. The van der Waals surface area contributed by atoms with Gasteiger partial charge in [-0.2, -0.15) is 0 Å². The Morgan fingerprint density at radius 3 is 3.00 bits per heavy atom. The summed E-state index contributed by atoms with van der Waals surface area (Å²) in [6.45, 7) is 3.23. The minimum atomic E-state index is -0.112. The van der Waals surface area contributed by atoms with Crippen LogP contribution in [0.2, 0.25) is 0 Å². The maximum Gasteiger partial charge on any atom is 0.265 e. The summed E-state index contributed by atoms with van der Waals surface area (Å²) >= 11 is 3.18. The van der Waals surface area contributed by atoms with Gasteiger partial charge in [-0.25, -0.2) is 4.98 Å². The molecule has 1 aliphatic rings. The highest BCUT2D eigenvalue weighted by Crippen LogP contribution is 2.22. The highest BCUT2D eigenvalue weighted by molar-refractivity contribution is 9.10. The molecule has 0 aromatic carbocycles. The monoisotopic (exact) mass is 258 g/mol. The highest BCUT2D eigenvalue weighted by atomic mass is 79.9. The van der Waals surface area contributed by atoms with Crippen LogP contribution in [0.1, 0.15) is 23.9 Å². The molecule has 1 unspecified atom stereocenters. The van der Waals surface area contributed by atoms with Gasteiger partial charge in [-0.05, 0) is 29.3 Å². The van der Waals surface area contributed by atoms with Gasteiger partial charge in [-0.1, -0.05) is 0 Å². The summed E-state index contributed by atoms with van der Waals surface area (Å²) in [7, 11) is 0. The van der Waals surface area contributed by atoms with Crippen molar-refractivity contribution < 1.29 is 4.74 Å². The van der Waals surface area contributed by atoms with Gasteiger partial charge in [0.05, 0.1) is 12.3 Å². The first kappa shape index (κ1) is 9.86. The van der Waals surface area contributed by atoms with Gasteiger partial charge < -0.3 is 9.72 Å². The number of nitrogens with zero attached hydrogens (tertiary/aromatic N) is 1. The maximum atomic E-state index is 11.4. The number of aryl methyl sites for hydroxylation is 1. The molecule has 0 amide bonds. The molecule has 0 radical (unpaired) electrons. The normalized spacial score (nSPS) is 21.4. The number of nitrogens with one attached hydrogen (secondary N) is 1. The summed E-state index contributed by atoms with van der Waals surface area (Å²) < 4.78 is 5.76. The summed E-state index contributed by atoms with van der Waals surface area (Å²) in [6.07, 6.45) is 0.935. The smallest absolute Gasteiger partial charge is 0.265 e. The minimum Gasteiger partial charge on any atom is -0.381 e. The molecule has 1 aromatic heterocycles. The molecule has 76 valence electrons. The second-order valence-corrected chi connectivity index (χ2v) is 4.20. The topological polar surface area (TPSA) is 55.0 Å². The molecule has 1 atom stereocenters. The van der Waals surface area contributed by atoms with Crippen LogP contribution in [0.4, 0.5) is 0 Å². The lowest BCUT2D eigenvalue weighted by Gasteiger charge is -2.07. The number of halogens is 1. The van der Waals surface area contributed by atoms with Gasteiger partial charge in [-0.3, -0.25) is 4.79 Å². The molecule has 1 N–H and O–H groups in total. The van der Waals surface area contributed by atoms with Crippen LogP contribution in [0.3, 0.4) is 0 Å². The zero-order valence-corrected chi connectivity index (χ0v) is 9.43. The Hall–Kier alpha value is -0.680. The molecule has 1 saturated heterocycles. The first-order valence-electron chi connectivity index (χ1n) is 4.52. The van der Waals surface area contributed by atoms with E-state index in [9.17, 15) is 4.79 Å². The van der Waals surface area contributed by atoms with Gasteiger partial charge in [0.1, 0.15) is 10.3 Å². The van der Waals surface area contributed by atoms with E-state index in [1.165, 1.54) is 0 Å². The SMILES string of the molecule is Cc1nc(C2CCOC2)[nH]c(=O)c1Br. The Kier molecular flexibility index (Phi) is 2.69. The van der Waals surface area contributed by atoms with Crippen LogP contribution in [0.5, 0.6) is 0 Å². The second-order valence-electron chi connectivity index (χ2n) is 3.41. The summed E-state index contributed by atoms with van der Waals surface area (Å²) in [6, 6.07) is 0. The highest BCUT2D eigenvalue weighted by Gasteiger charge is 2.20. The molecule has 14 heavy (non-hydrogen) atoms. The van der Waals surface area contributed by atoms with Crippen molar-refractivity contribution in [3.8, 4) is 0 Å². The average molecular weight is 259 g/mol. The third-order valence-corrected chi connectivity index (χ3v) is 3.30. The Balaban J connectivity index is 2.39. The molecule has 0 bridgehead atoms. The van der Waals surface area contributed by atoms with Gasteiger partial charge in [0.25, 0.3) is 5.56 Å². The van der Waals surface area contributed by atoms with Crippen molar-refractivity contribution in [3.63, 3.8) is 0 Å². The third-order valence-electron chi connectivity index (χ3n) is 2.36. The first-order chi connectivity index (χ1) is 6.68. The van der Waals surface area contributed by atoms with Crippen LogP contribution in [-0.2, 0) is 4.74 Å². The number of hydrogen-bond donors (Lipinski definition) is 1. The molecule has 0 spiro atoms. The van der Waals surface area contributed by atoms with Crippen LogP contribution in [0, 0.1) is 6.92 Å². The molecule has 1 fully saturated rings. The van der Waals surface area contributed by atoms with Crippen molar-refractivity contribution in [1.82, 2.24) is 9.97 Å². The number of aromatic amines is 1. The minimum absolute atomic E-state index is 0.112. The Labute approximate surface area is 89.8 Å². The van der Waals surface area contributed by atoms with Crippen molar-refractivity contribution in [2.75, 3.05) is 13.2 Å². The predicted octanol–water partition coefficient (Wildman–Crippen LogP) is 1.34. The summed E-state index contributed by atoms with van der Waals surface area (Å²) in [5, 5.41) is 0. The molecule has 0 aliphatic carbocycles. The van der Waals surface area contributed by atoms with E-state index >= 15 is 0 Å². The van der Waals surface area contributed by atoms with E-state index < -0.39 is 0 Å². The first-order valence-corrected chi connectivity index (χ1v) is 5.32. The van der Waals surface area contributed by atoms with Crippen LogP contribution in [0.25, 0.3) is 0 Å². The van der Waals surface area contributed by atoms with Crippen LogP contribution in [0.15, 0.2) is 9.27 Å². The molecular weight excluding hydrogens is 248 g/mol. The molecular formula is C9H11BrN2O2. The largest absolute Gasteiger partial charge is 0.381 e. The summed E-state index contributed by atoms with van der Waals surface area (Å²) in [5.74, 6) is 0.989. The lowest BCUT2D eigenvalue weighted by atomic mass is 10.1. The fourth-order valence-corrected chi connectivity index (χ4v) is 1.72. The lowest BCUT2D eigenvalue weighted by Crippen LogP contribution is -2.17. The molecule has 2 heterocycles. The fourth-order valence-electron chi connectivity index (χ4n) is 1.54. The standard InChI is InChI=1S/C9H11BrN2O2/c1-5-7(10)9(13)12-8(11-5)6-2-3-14-4-6/h6H,2-4H2,1H3,(H,11,12,13). The van der Waals surface area contributed by atoms with Crippen molar-refractivity contribution in [3.05, 3.63) is 26.3 Å². The number of rotatable bonds is 1. The molecule has 1 aliphatic heterocycles. The van der Waals surface area contributed by atoms with Gasteiger partial charge in [-0.15, -0.1) is 0 Å². The molecule has 2 rings (SSSR count). The van der Waals surface area contributed by atoms with Crippen LogP contribution in [-0.4, -0.2) is 23.2 Å². The predicted molar refractivity (Wildman–Crippen MR) is 55.5 cm³/mol. The van der Waals surface area contributed by atoms with Gasteiger partial charge in [0.15, 0.2) is 0 Å². The van der Waals surface area contributed by atoms with E-state index in [-0.39, 0.29) is 11.5 Å². The van der Waals surface area contributed by atoms with Gasteiger partial charge in [0.2, 0.25) is 0 Å². The quantitative estimate of drug-likeness (QED) is 0.828. The summed E-state index contributed by atoms with van der Waals surface area (Å²) in [5.41, 5.74) is 0.620. The van der Waals surface area contributed by atoms with Gasteiger partial charge >= 0.3 is 0 Å². The Morgan fingerprint density at radius 1 is 1.64 bits per heavy atom. The number of H-pyrrole nitrogens is 1. The molecule has 1 aromatic rings. The molecule has 5 heteroatoms. The zero-order valence-electron chi connectivity index (χ0n) is 7.84. The third kappa shape index (κ3) is 1.74. The number of hydrogen-bond acceptors (Lipinski definition) is 3. The van der Waals surface area contributed by atoms with Crippen LogP contribution >= 0.6 is 15.9 Å². The van der Waals surface area contributed by atoms with E-state index in [1.807, 2.05) is 6.92 Å². The summed E-state index contributed by atoms with van der Waals surface area (Å²) in [4.78, 5) is 18.5. The van der Waals surface area contributed by atoms with Crippen molar-refractivity contribution in [2.24, 2.45) is 0 Å². The molecule has 4 nitrogen and oxygen atoms in total. The van der Waals surface area contributed by atoms with E-state index in [1.54, 1.807) is 0 Å². The average Bonchev–Trinajstić information content (AvgIpc) is 2.66. The second kappa shape index (κ2) is 3.82. The van der Waals surface area contributed by atoms with Crippen molar-refractivity contribution in [1.29, 1.82) is 0 Å². The van der Waals surface area contributed by atoms with E-state index in [4.69, 9.17) is 4.74 Å². The van der Waals surface area contributed by atoms with Crippen molar-refractivity contribution in [2.45, 2.75) is 19.3 Å². The van der Waals surface area contributed by atoms with Crippen molar-refractivity contribution >= 4 is 15.9 Å². The molecule has 0 saturated carbocycles.